The first-order valence-electron chi connectivity index (χ1n) is 17.9. The van der Waals surface area contributed by atoms with Gasteiger partial charge in [-0.1, -0.05) is 79.7 Å². The maximum Gasteiger partial charge on any atom is 0.245 e. The summed E-state index contributed by atoms with van der Waals surface area (Å²) in [6, 6.07) is 23.4. The van der Waals surface area contributed by atoms with Crippen LogP contribution in [0.5, 0.6) is 0 Å². The molecular formula is C40H53N5O4. The van der Waals surface area contributed by atoms with Crippen LogP contribution in [0.25, 0.3) is 10.8 Å². The van der Waals surface area contributed by atoms with Crippen LogP contribution >= 0.6 is 0 Å². The summed E-state index contributed by atoms with van der Waals surface area (Å²) in [4.78, 5) is 58.8. The molecule has 3 atom stereocenters. The minimum atomic E-state index is -0.807. The van der Waals surface area contributed by atoms with Crippen LogP contribution in [0.4, 0.5) is 0 Å². The van der Waals surface area contributed by atoms with Crippen molar-refractivity contribution in [3.05, 3.63) is 83.9 Å². The van der Waals surface area contributed by atoms with Crippen molar-refractivity contribution in [3.8, 4) is 0 Å². The molecule has 4 N–H and O–H groups in total. The van der Waals surface area contributed by atoms with Crippen molar-refractivity contribution in [1.29, 1.82) is 0 Å². The van der Waals surface area contributed by atoms with E-state index < -0.39 is 16.9 Å². The van der Waals surface area contributed by atoms with Gasteiger partial charge in [-0.05, 0) is 74.3 Å². The van der Waals surface area contributed by atoms with E-state index in [1.54, 1.807) is 4.90 Å². The molecule has 2 fully saturated rings. The van der Waals surface area contributed by atoms with Gasteiger partial charge in [-0.15, -0.1) is 0 Å². The highest BCUT2D eigenvalue weighted by molar-refractivity contribution is 5.92. The van der Waals surface area contributed by atoms with E-state index in [1.165, 1.54) is 0 Å². The lowest BCUT2D eigenvalue weighted by atomic mass is 9.74. The molecule has 3 aromatic carbocycles. The zero-order valence-electron chi connectivity index (χ0n) is 29.4. The number of hydrogen-bond donors (Lipinski definition) is 3. The molecular weight excluding hydrogens is 614 g/mol. The molecule has 4 amide bonds. The molecule has 2 unspecified atom stereocenters. The summed E-state index contributed by atoms with van der Waals surface area (Å²) in [6.07, 6.45) is 4.30. The Kier molecular flexibility index (Phi) is 11.8. The van der Waals surface area contributed by atoms with E-state index in [0.29, 0.717) is 77.5 Å². The van der Waals surface area contributed by atoms with Crippen LogP contribution in [0.15, 0.2) is 72.8 Å². The fourth-order valence-corrected chi connectivity index (χ4v) is 7.40. The van der Waals surface area contributed by atoms with Crippen LogP contribution in [0, 0.1) is 10.8 Å². The monoisotopic (exact) mass is 667 g/mol. The van der Waals surface area contributed by atoms with Crippen LogP contribution in [0.2, 0.25) is 0 Å². The molecule has 5 rings (SSSR count). The molecule has 49 heavy (non-hydrogen) atoms. The number of likely N-dealkylation sites (tertiary alicyclic amines) is 2. The van der Waals surface area contributed by atoms with Crippen molar-refractivity contribution in [2.45, 2.75) is 84.2 Å². The Balaban J connectivity index is 1.37. The summed E-state index contributed by atoms with van der Waals surface area (Å²) in [5.41, 5.74) is 6.38. The second-order valence-corrected chi connectivity index (χ2v) is 14.5. The van der Waals surface area contributed by atoms with Crippen molar-refractivity contribution in [2.75, 3.05) is 32.7 Å². The topological polar surface area (TPSA) is 125 Å². The van der Waals surface area contributed by atoms with Crippen LogP contribution in [-0.4, -0.2) is 78.2 Å². The summed E-state index contributed by atoms with van der Waals surface area (Å²) in [7, 11) is 0. The Bertz CT molecular complexity index is 1620. The van der Waals surface area contributed by atoms with Crippen molar-refractivity contribution in [1.82, 2.24) is 20.4 Å². The third-order valence-electron chi connectivity index (χ3n) is 10.5. The normalized spacial score (nSPS) is 20.3. The average Bonchev–Trinajstić information content (AvgIpc) is 3.10. The quantitative estimate of drug-likeness (QED) is 0.260. The fraction of sp³-hybridized carbons (Fsp3) is 0.500. The van der Waals surface area contributed by atoms with E-state index in [4.69, 9.17) is 5.73 Å². The fourth-order valence-electron chi connectivity index (χ4n) is 7.40. The number of carbonyl (C=O) groups excluding carboxylic acids is 4. The molecule has 2 aliphatic rings. The van der Waals surface area contributed by atoms with Gasteiger partial charge >= 0.3 is 0 Å². The number of fused-ring (bicyclic) bond motifs is 1. The molecule has 0 radical (unpaired) electrons. The number of piperidine rings is 2. The van der Waals surface area contributed by atoms with Crippen molar-refractivity contribution >= 4 is 34.4 Å². The minimum absolute atomic E-state index is 0.0358. The number of carbonyl (C=O) groups is 4. The lowest BCUT2D eigenvalue weighted by Gasteiger charge is -2.43. The van der Waals surface area contributed by atoms with Crippen LogP contribution in [-0.2, 0) is 32.0 Å². The van der Waals surface area contributed by atoms with Gasteiger partial charge in [0.1, 0.15) is 6.04 Å². The summed E-state index contributed by atoms with van der Waals surface area (Å²) in [5.74, 6) is -0.317. The Labute approximate surface area is 291 Å². The van der Waals surface area contributed by atoms with Crippen LogP contribution in [0.3, 0.4) is 0 Å². The zero-order chi connectivity index (χ0) is 35.0. The first-order chi connectivity index (χ1) is 23.5. The molecule has 3 aromatic rings. The molecule has 0 bridgehead atoms. The first kappa shape index (κ1) is 36.1. The van der Waals surface area contributed by atoms with Gasteiger partial charge in [-0.3, -0.25) is 19.2 Å². The smallest absolute Gasteiger partial charge is 0.245 e. The third-order valence-corrected chi connectivity index (χ3v) is 10.5. The third kappa shape index (κ3) is 8.87. The molecule has 0 spiro atoms. The zero-order valence-corrected chi connectivity index (χ0v) is 29.4. The van der Waals surface area contributed by atoms with E-state index in [2.05, 4.69) is 22.8 Å². The Morgan fingerprint density at radius 2 is 1.53 bits per heavy atom. The summed E-state index contributed by atoms with van der Waals surface area (Å²) in [5, 5.41) is 8.41. The van der Waals surface area contributed by atoms with Gasteiger partial charge < -0.3 is 26.2 Å². The van der Waals surface area contributed by atoms with Crippen molar-refractivity contribution < 1.29 is 19.2 Å². The van der Waals surface area contributed by atoms with E-state index in [9.17, 15) is 19.2 Å². The van der Waals surface area contributed by atoms with Gasteiger partial charge in [-0.2, -0.15) is 0 Å². The van der Waals surface area contributed by atoms with E-state index in [-0.39, 0.29) is 36.2 Å². The predicted molar refractivity (Wildman–Crippen MR) is 193 cm³/mol. The van der Waals surface area contributed by atoms with Crippen molar-refractivity contribution in [2.24, 2.45) is 16.6 Å². The highest BCUT2D eigenvalue weighted by Gasteiger charge is 2.45. The summed E-state index contributed by atoms with van der Waals surface area (Å²) >= 11 is 0. The molecule has 9 nitrogen and oxygen atoms in total. The van der Waals surface area contributed by atoms with Gasteiger partial charge in [0.05, 0.1) is 5.41 Å². The lowest BCUT2D eigenvalue weighted by Crippen LogP contribution is -2.59. The molecule has 2 saturated heterocycles. The van der Waals surface area contributed by atoms with Crippen LogP contribution in [0.1, 0.15) is 70.4 Å². The van der Waals surface area contributed by atoms with Gasteiger partial charge in [0.2, 0.25) is 23.6 Å². The second-order valence-electron chi connectivity index (χ2n) is 14.5. The van der Waals surface area contributed by atoms with E-state index in [1.807, 2.05) is 86.3 Å². The van der Waals surface area contributed by atoms with Gasteiger partial charge in [0, 0.05) is 57.0 Å². The maximum atomic E-state index is 14.6. The molecule has 262 valence electrons. The van der Waals surface area contributed by atoms with E-state index >= 15 is 0 Å². The molecule has 0 aliphatic carbocycles. The molecule has 0 saturated carbocycles. The molecule has 0 aromatic heterocycles. The lowest BCUT2D eigenvalue weighted by molar-refractivity contribution is -0.146. The van der Waals surface area contributed by atoms with Crippen LogP contribution < -0.4 is 16.4 Å². The minimum Gasteiger partial charge on any atom is -0.356 e. The van der Waals surface area contributed by atoms with Crippen molar-refractivity contribution in [3.63, 3.8) is 0 Å². The summed E-state index contributed by atoms with van der Waals surface area (Å²) < 4.78 is 0. The number of hydrogen-bond acceptors (Lipinski definition) is 5. The highest BCUT2D eigenvalue weighted by atomic mass is 16.2. The summed E-state index contributed by atoms with van der Waals surface area (Å²) in [6.45, 7) is 8.05. The van der Waals surface area contributed by atoms with Gasteiger partial charge in [0.15, 0.2) is 0 Å². The average molecular weight is 668 g/mol. The maximum absolute atomic E-state index is 14.6. The molecule has 2 aliphatic heterocycles. The van der Waals surface area contributed by atoms with Gasteiger partial charge in [-0.25, -0.2) is 0 Å². The largest absolute Gasteiger partial charge is 0.356 e. The standard InChI is InChI=1S/C40H53N5O4/c1-4-42-38(49)40(27-30-11-6-5-7-12-30)19-10-22-45(28-40)36(47)34(26-31-16-17-32-13-8-9-14-33(32)25-31)43-37(48)39(3)20-23-44(24-21-39)35(46)18-15-29(2)41/h5-9,11-14,16-17,25,29,34H,4,10,15,18-24,26-28,41H2,1-3H3,(H,42,49)(H,43,48)/t29?,34?,40-/m0/s1. The Morgan fingerprint density at radius 1 is 0.837 bits per heavy atom. The predicted octanol–water partition coefficient (Wildman–Crippen LogP) is 4.61. The molecule has 9 heteroatoms. The number of amides is 4. The number of rotatable bonds is 12. The first-order valence-corrected chi connectivity index (χ1v) is 17.9. The second kappa shape index (κ2) is 16.0. The number of nitrogens with two attached hydrogens (primary N) is 1. The molecule has 2 heterocycles. The number of nitrogens with zero attached hydrogens (tertiary/aromatic N) is 2. The SMILES string of the molecule is CCNC(=O)[C@]1(Cc2ccccc2)CCCN(C(=O)C(Cc2ccc3ccccc3c2)NC(=O)C2(C)CCN(C(=O)CCC(C)N)CC2)C1. The number of benzene rings is 3. The Hall–Kier alpha value is -4.24. The highest BCUT2D eigenvalue weighted by Crippen LogP contribution is 2.36. The Morgan fingerprint density at radius 3 is 2.22 bits per heavy atom. The van der Waals surface area contributed by atoms with Gasteiger partial charge in [0.25, 0.3) is 0 Å². The van der Waals surface area contributed by atoms with E-state index in [0.717, 1.165) is 21.9 Å². The number of nitrogens with one attached hydrogen (secondary N) is 2.